The summed E-state index contributed by atoms with van der Waals surface area (Å²) in [5, 5.41) is 10.2. The van der Waals surface area contributed by atoms with Crippen molar-refractivity contribution in [2.45, 2.75) is 58.8 Å². The second-order valence-electron chi connectivity index (χ2n) is 7.38. The fourth-order valence-electron chi connectivity index (χ4n) is 3.07. The Bertz CT molecular complexity index is 793. The van der Waals surface area contributed by atoms with E-state index in [9.17, 15) is 9.90 Å². The summed E-state index contributed by atoms with van der Waals surface area (Å²) >= 11 is 0. The third-order valence-corrected chi connectivity index (χ3v) is 4.83. The summed E-state index contributed by atoms with van der Waals surface area (Å²) in [4.78, 5) is 12.7. The fraction of sp³-hybridized carbons (Fsp3) is 0.423. The topological polar surface area (TPSA) is 55.8 Å². The molecule has 0 fully saturated rings. The third kappa shape index (κ3) is 7.94. The van der Waals surface area contributed by atoms with Gasteiger partial charge in [-0.15, -0.1) is 0 Å². The maximum absolute atomic E-state index is 12.7. The summed E-state index contributed by atoms with van der Waals surface area (Å²) < 4.78 is 11.5. The van der Waals surface area contributed by atoms with Crippen LogP contribution in [0.5, 0.6) is 17.2 Å². The van der Waals surface area contributed by atoms with Crippen LogP contribution in [-0.4, -0.2) is 24.1 Å². The largest absolute Gasteiger partial charge is 0.507 e. The molecule has 4 nitrogen and oxygen atoms in total. The zero-order chi connectivity index (χ0) is 21.6. The number of ether oxygens (including phenoxy) is 2. The van der Waals surface area contributed by atoms with Gasteiger partial charge in [-0.05, 0) is 48.7 Å². The van der Waals surface area contributed by atoms with Crippen molar-refractivity contribution in [2.24, 2.45) is 0 Å². The molecule has 2 aromatic carbocycles. The van der Waals surface area contributed by atoms with Crippen LogP contribution in [0.3, 0.4) is 0 Å². The number of phenolic OH excluding ortho intramolecular Hbond substituents is 1. The molecule has 0 unspecified atom stereocenters. The van der Waals surface area contributed by atoms with E-state index in [-0.39, 0.29) is 17.1 Å². The Kier molecular flexibility index (Phi) is 10.6. The predicted octanol–water partition coefficient (Wildman–Crippen LogP) is 6.82. The molecular weight excluding hydrogens is 376 g/mol. The van der Waals surface area contributed by atoms with Crippen LogP contribution in [-0.2, 0) is 0 Å². The number of aromatic hydroxyl groups is 1. The first-order chi connectivity index (χ1) is 14.7. The van der Waals surface area contributed by atoms with Crippen molar-refractivity contribution in [2.75, 3.05) is 13.2 Å². The summed E-state index contributed by atoms with van der Waals surface area (Å²) in [6, 6.07) is 12.6. The van der Waals surface area contributed by atoms with E-state index in [1.54, 1.807) is 18.2 Å². The van der Waals surface area contributed by atoms with E-state index in [1.165, 1.54) is 31.4 Å². The van der Waals surface area contributed by atoms with Gasteiger partial charge in [-0.2, -0.15) is 0 Å². The number of benzene rings is 2. The lowest BCUT2D eigenvalue weighted by atomic mass is 10.1. The van der Waals surface area contributed by atoms with E-state index >= 15 is 0 Å². The lowest BCUT2D eigenvalue weighted by Gasteiger charge is -2.11. The SMILES string of the molecule is CCCCCCOc1cccc(O)c1C(=O)/C=C/c1ccc(OCCCCC)cc1. The lowest BCUT2D eigenvalue weighted by molar-refractivity contribution is 0.104. The molecule has 162 valence electrons. The van der Waals surface area contributed by atoms with E-state index in [4.69, 9.17) is 9.47 Å². The van der Waals surface area contributed by atoms with E-state index < -0.39 is 0 Å². The number of carbonyl (C=O) groups is 1. The van der Waals surface area contributed by atoms with Gasteiger partial charge in [0.1, 0.15) is 22.8 Å². The molecule has 0 aromatic heterocycles. The number of ketones is 1. The van der Waals surface area contributed by atoms with E-state index in [2.05, 4.69) is 13.8 Å². The van der Waals surface area contributed by atoms with E-state index in [0.717, 1.165) is 43.6 Å². The van der Waals surface area contributed by atoms with Gasteiger partial charge in [-0.1, -0.05) is 70.2 Å². The number of hydrogen-bond donors (Lipinski definition) is 1. The molecule has 0 atom stereocenters. The molecule has 0 bridgehead atoms. The number of phenols is 1. The molecule has 0 radical (unpaired) electrons. The highest BCUT2D eigenvalue weighted by molar-refractivity contribution is 6.10. The molecule has 0 saturated carbocycles. The summed E-state index contributed by atoms with van der Waals surface area (Å²) in [7, 11) is 0. The van der Waals surface area contributed by atoms with Crippen molar-refractivity contribution < 1.29 is 19.4 Å². The number of unbranched alkanes of at least 4 members (excludes halogenated alkanes) is 5. The summed E-state index contributed by atoms with van der Waals surface area (Å²) in [6.07, 6.45) is 10.9. The van der Waals surface area contributed by atoms with E-state index in [0.29, 0.717) is 12.4 Å². The molecule has 0 aliphatic carbocycles. The lowest BCUT2D eigenvalue weighted by Crippen LogP contribution is -2.04. The smallest absolute Gasteiger partial charge is 0.193 e. The molecule has 0 saturated heterocycles. The minimum atomic E-state index is -0.281. The van der Waals surface area contributed by atoms with Gasteiger partial charge in [0.15, 0.2) is 5.78 Å². The Morgan fingerprint density at radius 3 is 2.27 bits per heavy atom. The Morgan fingerprint density at radius 2 is 1.53 bits per heavy atom. The van der Waals surface area contributed by atoms with Crippen molar-refractivity contribution in [1.29, 1.82) is 0 Å². The Labute approximate surface area is 180 Å². The average Bonchev–Trinajstić information content (AvgIpc) is 2.76. The monoisotopic (exact) mass is 410 g/mol. The zero-order valence-electron chi connectivity index (χ0n) is 18.2. The van der Waals surface area contributed by atoms with Crippen LogP contribution in [0.15, 0.2) is 48.5 Å². The highest BCUT2D eigenvalue weighted by Crippen LogP contribution is 2.29. The van der Waals surface area contributed by atoms with Crippen LogP contribution in [0.1, 0.15) is 74.7 Å². The van der Waals surface area contributed by atoms with E-state index in [1.807, 2.05) is 24.3 Å². The van der Waals surface area contributed by atoms with Gasteiger partial charge in [0.25, 0.3) is 0 Å². The van der Waals surface area contributed by atoms with Crippen LogP contribution in [0.25, 0.3) is 6.08 Å². The Balaban J connectivity index is 1.97. The summed E-state index contributed by atoms with van der Waals surface area (Å²) in [5.74, 6) is 0.911. The quantitative estimate of drug-likeness (QED) is 0.211. The van der Waals surface area contributed by atoms with Gasteiger partial charge in [0.2, 0.25) is 0 Å². The van der Waals surface area contributed by atoms with Gasteiger partial charge >= 0.3 is 0 Å². The highest BCUT2D eigenvalue weighted by Gasteiger charge is 2.15. The van der Waals surface area contributed by atoms with Gasteiger partial charge in [0.05, 0.1) is 13.2 Å². The normalized spacial score (nSPS) is 11.0. The number of rotatable bonds is 14. The molecule has 2 rings (SSSR count). The summed E-state index contributed by atoms with van der Waals surface area (Å²) in [5.41, 5.74) is 1.10. The molecule has 0 heterocycles. The summed E-state index contributed by atoms with van der Waals surface area (Å²) in [6.45, 7) is 5.58. The molecule has 2 aromatic rings. The molecule has 0 amide bonds. The van der Waals surface area contributed by atoms with Crippen molar-refractivity contribution in [3.8, 4) is 17.2 Å². The number of allylic oxidation sites excluding steroid dienone is 1. The molecule has 0 aliphatic heterocycles. The van der Waals surface area contributed by atoms with Gasteiger partial charge < -0.3 is 14.6 Å². The Hall–Kier alpha value is -2.75. The molecular formula is C26H34O4. The standard InChI is InChI=1S/C26H34O4/c1-3-5-7-9-20-30-25-12-10-11-23(27)26(25)24(28)18-15-21-13-16-22(17-14-21)29-19-8-6-4-2/h10-18,27H,3-9,19-20H2,1-2H3/b18-15+. The third-order valence-electron chi connectivity index (χ3n) is 4.83. The maximum Gasteiger partial charge on any atom is 0.193 e. The molecule has 1 N–H and O–H groups in total. The first-order valence-electron chi connectivity index (χ1n) is 11.1. The second kappa shape index (κ2) is 13.5. The van der Waals surface area contributed by atoms with Gasteiger partial charge in [0, 0.05) is 0 Å². The van der Waals surface area contributed by atoms with Crippen molar-refractivity contribution in [1.82, 2.24) is 0 Å². The predicted molar refractivity (Wildman–Crippen MR) is 123 cm³/mol. The maximum atomic E-state index is 12.7. The van der Waals surface area contributed by atoms with Crippen LogP contribution >= 0.6 is 0 Å². The number of hydrogen-bond acceptors (Lipinski definition) is 4. The van der Waals surface area contributed by atoms with Crippen molar-refractivity contribution in [3.05, 3.63) is 59.7 Å². The van der Waals surface area contributed by atoms with Crippen LogP contribution in [0.2, 0.25) is 0 Å². The van der Waals surface area contributed by atoms with Crippen molar-refractivity contribution >= 4 is 11.9 Å². The minimum absolute atomic E-state index is 0.0634. The minimum Gasteiger partial charge on any atom is -0.507 e. The Morgan fingerprint density at radius 1 is 0.867 bits per heavy atom. The molecule has 0 aliphatic rings. The first-order valence-corrected chi connectivity index (χ1v) is 11.1. The van der Waals surface area contributed by atoms with Crippen LogP contribution < -0.4 is 9.47 Å². The number of carbonyl (C=O) groups excluding carboxylic acids is 1. The highest BCUT2D eigenvalue weighted by atomic mass is 16.5. The van der Waals surface area contributed by atoms with Gasteiger partial charge in [-0.3, -0.25) is 4.79 Å². The van der Waals surface area contributed by atoms with Crippen molar-refractivity contribution in [3.63, 3.8) is 0 Å². The molecule has 4 heteroatoms. The zero-order valence-corrected chi connectivity index (χ0v) is 18.2. The van der Waals surface area contributed by atoms with Crippen LogP contribution in [0.4, 0.5) is 0 Å². The fourth-order valence-corrected chi connectivity index (χ4v) is 3.07. The average molecular weight is 411 g/mol. The second-order valence-corrected chi connectivity index (χ2v) is 7.38. The van der Waals surface area contributed by atoms with Gasteiger partial charge in [-0.25, -0.2) is 0 Å². The first kappa shape index (κ1) is 23.5. The molecule has 30 heavy (non-hydrogen) atoms. The van der Waals surface area contributed by atoms with Crippen LogP contribution in [0, 0.1) is 0 Å². The molecule has 0 spiro atoms.